The van der Waals surface area contributed by atoms with Crippen molar-refractivity contribution >= 4 is 31.7 Å². The molecule has 2 saturated carbocycles. The van der Waals surface area contributed by atoms with E-state index in [4.69, 9.17) is 28.4 Å². The van der Waals surface area contributed by atoms with Gasteiger partial charge in [-0.3, -0.25) is 9.80 Å². The Morgan fingerprint density at radius 2 is 0.819 bits per heavy atom. The van der Waals surface area contributed by atoms with Crippen molar-refractivity contribution in [3.63, 3.8) is 0 Å². The maximum Gasteiger partial charge on any atom is 0.240 e. The second kappa shape index (κ2) is 25.2. The molecule has 2 saturated heterocycles. The molecule has 20 heteroatoms. The second-order valence-corrected chi connectivity index (χ2v) is 22.7. The van der Waals surface area contributed by atoms with E-state index in [-0.39, 0.29) is 34.1 Å². The quantitative estimate of drug-likeness (QED) is 0.109. The molecule has 2 aliphatic heterocycles. The van der Waals surface area contributed by atoms with Crippen LogP contribution in [-0.4, -0.2) is 154 Å². The van der Waals surface area contributed by atoms with Crippen LogP contribution in [0.5, 0.6) is 34.5 Å². The number of piperazine rings is 2. The van der Waals surface area contributed by atoms with Gasteiger partial charge in [-0.2, -0.15) is 0 Å². The minimum absolute atomic E-state index is 0.0649. The molecule has 72 heavy (non-hydrogen) atoms. The number of rotatable bonds is 18. The molecule has 2 aromatic heterocycles. The number of ether oxygens (including phenoxy) is 6. The summed E-state index contributed by atoms with van der Waals surface area (Å²) in [4.78, 5) is 19.2. The van der Waals surface area contributed by atoms with Gasteiger partial charge in [-0.25, -0.2) is 36.2 Å². The van der Waals surface area contributed by atoms with Crippen LogP contribution in [0.1, 0.15) is 79.1 Å². The highest BCUT2D eigenvalue weighted by atomic mass is 32.2. The third-order valence-corrected chi connectivity index (χ3v) is 16.9. The number of pyridine rings is 2. The number of hydrogen-bond donors (Lipinski definition) is 2. The molecule has 0 bridgehead atoms. The summed E-state index contributed by atoms with van der Waals surface area (Å²) in [5, 5.41) is 0. The maximum absolute atomic E-state index is 13.0. The molecule has 396 valence electrons. The van der Waals surface area contributed by atoms with Crippen molar-refractivity contribution in [2.24, 2.45) is 0 Å². The molecule has 2 aromatic carbocycles. The lowest BCUT2D eigenvalue weighted by Gasteiger charge is -2.42. The van der Waals surface area contributed by atoms with Crippen LogP contribution in [0, 0.1) is 0 Å². The van der Waals surface area contributed by atoms with Gasteiger partial charge in [-0.1, -0.05) is 0 Å². The third kappa shape index (κ3) is 14.1. The number of benzene rings is 2. The van der Waals surface area contributed by atoms with Crippen LogP contribution in [0.4, 0.5) is 11.6 Å². The number of hydrogen-bond acceptors (Lipinski definition) is 16. The van der Waals surface area contributed by atoms with Gasteiger partial charge in [0.25, 0.3) is 0 Å². The molecule has 4 heterocycles. The second-order valence-electron chi connectivity index (χ2n) is 19.3. The summed E-state index contributed by atoms with van der Waals surface area (Å²) < 4.78 is 90.6. The minimum Gasteiger partial charge on any atom is -0.493 e. The van der Waals surface area contributed by atoms with E-state index >= 15 is 0 Å². The highest BCUT2D eigenvalue weighted by Crippen LogP contribution is 2.34. The average molecular weight is 1040 g/mol. The van der Waals surface area contributed by atoms with Crippen molar-refractivity contribution < 1.29 is 45.3 Å². The van der Waals surface area contributed by atoms with E-state index in [0.29, 0.717) is 35.1 Å². The Labute approximate surface area is 427 Å². The molecule has 4 aliphatic rings. The lowest BCUT2D eigenvalue weighted by atomic mass is 9.90. The zero-order valence-corrected chi connectivity index (χ0v) is 44.9. The monoisotopic (exact) mass is 1040 g/mol. The Kier molecular flexibility index (Phi) is 19.1. The van der Waals surface area contributed by atoms with Crippen molar-refractivity contribution in [3.8, 4) is 34.5 Å². The molecule has 0 spiro atoms. The van der Waals surface area contributed by atoms with Crippen molar-refractivity contribution in [3.05, 3.63) is 73.1 Å². The predicted octanol–water partition coefficient (Wildman–Crippen LogP) is 6.60. The smallest absolute Gasteiger partial charge is 0.240 e. The summed E-state index contributed by atoms with van der Waals surface area (Å²) in [5.74, 6) is 5.31. The normalized spacial score (nSPS) is 21.4. The standard InChI is InChI=1S/2C26H38N4O5S/c2*1-19(2)35-24-6-5-13-27-26(24)30-16-14-29(15-17-30)21-9-7-20(8-10-21)28-36(31,32)22-11-12-23(33-3)25(18-22)34-4/h2*5-6,11-13,18-21,28H,7-10,14-17H2,1-4H3. The molecule has 4 aromatic rings. The average Bonchev–Trinajstić information content (AvgIpc) is 3.38. The first-order valence-corrected chi connectivity index (χ1v) is 28.3. The zero-order chi connectivity index (χ0) is 51.4. The van der Waals surface area contributed by atoms with Crippen molar-refractivity contribution in [2.75, 3.05) is 90.6 Å². The van der Waals surface area contributed by atoms with Crippen LogP contribution in [-0.2, 0) is 20.0 Å². The fourth-order valence-corrected chi connectivity index (χ4v) is 12.8. The van der Waals surface area contributed by atoms with Gasteiger partial charge in [0, 0.05) is 101 Å². The molecule has 0 radical (unpaired) electrons. The summed E-state index contributed by atoms with van der Waals surface area (Å²) in [6, 6.07) is 18.0. The molecule has 0 unspecified atom stereocenters. The first-order chi connectivity index (χ1) is 34.6. The van der Waals surface area contributed by atoms with E-state index in [9.17, 15) is 16.8 Å². The zero-order valence-electron chi connectivity index (χ0n) is 43.3. The largest absolute Gasteiger partial charge is 0.493 e. The Morgan fingerprint density at radius 3 is 1.14 bits per heavy atom. The van der Waals surface area contributed by atoms with Gasteiger partial charge in [-0.15, -0.1) is 0 Å². The molecule has 2 N–H and O–H groups in total. The summed E-state index contributed by atoms with van der Waals surface area (Å²) in [6.07, 6.45) is 11.0. The fraction of sp³-hybridized carbons (Fsp3) is 0.577. The van der Waals surface area contributed by atoms with Gasteiger partial charge < -0.3 is 38.2 Å². The number of anilines is 2. The maximum atomic E-state index is 13.0. The van der Waals surface area contributed by atoms with E-state index in [2.05, 4.69) is 39.0 Å². The van der Waals surface area contributed by atoms with Crippen LogP contribution < -0.4 is 47.7 Å². The molecule has 8 rings (SSSR count). The van der Waals surface area contributed by atoms with Crippen LogP contribution in [0.25, 0.3) is 0 Å². The highest BCUT2D eigenvalue weighted by Gasteiger charge is 2.34. The lowest BCUT2D eigenvalue weighted by Crippen LogP contribution is -2.52. The first-order valence-electron chi connectivity index (χ1n) is 25.3. The predicted molar refractivity (Wildman–Crippen MR) is 279 cm³/mol. The van der Waals surface area contributed by atoms with Gasteiger partial charge in [-0.05, 0) is 128 Å². The van der Waals surface area contributed by atoms with E-state index in [1.165, 1.54) is 40.6 Å². The van der Waals surface area contributed by atoms with E-state index < -0.39 is 20.0 Å². The van der Waals surface area contributed by atoms with Crippen molar-refractivity contribution in [1.29, 1.82) is 0 Å². The van der Waals surface area contributed by atoms with Crippen molar-refractivity contribution in [1.82, 2.24) is 29.2 Å². The van der Waals surface area contributed by atoms with Gasteiger partial charge in [0.1, 0.15) is 0 Å². The van der Waals surface area contributed by atoms with Crippen LogP contribution in [0.2, 0.25) is 0 Å². The molecule has 0 amide bonds. The summed E-state index contributed by atoms with van der Waals surface area (Å²) in [5.41, 5.74) is 0. The van der Waals surface area contributed by atoms with Gasteiger partial charge in [0.05, 0.1) is 50.4 Å². The Balaban J connectivity index is 0.000000211. The number of sulfonamides is 2. The van der Waals surface area contributed by atoms with Gasteiger partial charge in [0.15, 0.2) is 46.1 Å². The summed E-state index contributed by atoms with van der Waals surface area (Å²) in [6.45, 7) is 15.6. The lowest BCUT2D eigenvalue weighted by molar-refractivity contribution is 0.139. The summed E-state index contributed by atoms with van der Waals surface area (Å²) >= 11 is 0. The number of nitrogens with one attached hydrogen (secondary N) is 2. The topological polar surface area (TPSA) is 186 Å². The van der Waals surface area contributed by atoms with Crippen LogP contribution >= 0.6 is 0 Å². The molecule has 18 nitrogen and oxygen atoms in total. The van der Waals surface area contributed by atoms with Crippen LogP contribution in [0.3, 0.4) is 0 Å². The third-order valence-electron chi connectivity index (χ3n) is 13.9. The molecule has 2 aliphatic carbocycles. The molecular weight excluding hydrogens is 961 g/mol. The Bertz CT molecular complexity index is 2400. The molecule has 0 atom stereocenters. The molecular formula is C52H76N8O10S2. The summed E-state index contributed by atoms with van der Waals surface area (Å²) in [7, 11) is -1.22. The van der Waals surface area contributed by atoms with Gasteiger partial charge >= 0.3 is 0 Å². The molecule has 4 fully saturated rings. The number of methoxy groups -OCH3 is 4. The number of aromatic nitrogens is 2. The highest BCUT2D eigenvalue weighted by molar-refractivity contribution is 7.89. The van der Waals surface area contributed by atoms with Crippen molar-refractivity contribution in [2.45, 2.75) is 125 Å². The first kappa shape index (κ1) is 54.6. The van der Waals surface area contributed by atoms with E-state index in [0.717, 1.165) is 127 Å². The minimum atomic E-state index is -3.64. The van der Waals surface area contributed by atoms with E-state index in [1.807, 2.05) is 64.4 Å². The van der Waals surface area contributed by atoms with Crippen LogP contribution in [0.15, 0.2) is 82.8 Å². The Morgan fingerprint density at radius 1 is 0.472 bits per heavy atom. The van der Waals surface area contributed by atoms with Gasteiger partial charge in [0.2, 0.25) is 20.0 Å². The number of nitrogens with zero attached hydrogens (tertiary/aromatic N) is 6. The fourth-order valence-electron chi connectivity index (χ4n) is 10.2. The Hall–Kier alpha value is -5.12. The van der Waals surface area contributed by atoms with E-state index in [1.54, 1.807) is 24.3 Å². The SMILES string of the molecule is COc1ccc(S(=O)(=O)NC2CCC(N3CCN(c4ncccc4OC(C)C)CC3)CC2)cc1OC.COc1ccc(S(=O)(=O)NC2CCC(N3CCN(c4ncccc4OC(C)C)CC3)CC2)cc1OC.